The molecule has 2 aromatic rings. The number of fused-ring (bicyclic) bond motifs is 1. The van der Waals surface area contributed by atoms with Crippen LogP contribution in [-0.2, 0) is 6.54 Å². The summed E-state index contributed by atoms with van der Waals surface area (Å²) in [6, 6.07) is 19.4. The maximum absolute atomic E-state index is 15.0. The third-order valence-corrected chi connectivity index (χ3v) is 6.31. The molecule has 1 aliphatic carbocycles. The van der Waals surface area contributed by atoms with Crippen LogP contribution in [0.1, 0.15) is 17.0 Å². The van der Waals surface area contributed by atoms with Gasteiger partial charge in [-0.25, -0.2) is 8.78 Å². The van der Waals surface area contributed by atoms with Gasteiger partial charge in [0.1, 0.15) is 6.07 Å². The molecule has 5 nitrogen and oxygen atoms in total. The Morgan fingerprint density at radius 1 is 1.03 bits per heavy atom. The summed E-state index contributed by atoms with van der Waals surface area (Å²) in [6.07, 6.45) is 1.84. The first-order chi connectivity index (χ1) is 15.5. The predicted molar refractivity (Wildman–Crippen MR) is 113 cm³/mol. The topological polar surface area (TPSA) is 101 Å². The maximum Gasteiger partial charge on any atom is 0.191 e. The van der Waals surface area contributed by atoms with Crippen molar-refractivity contribution in [2.75, 3.05) is 13.1 Å². The van der Waals surface area contributed by atoms with E-state index in [0.29, 0.717) is 25.2 Å². The molecule has 0 spiro atoms. The first-order valence-electron chi connectivity index (χ1n) is 10.1. The molecule has 2 N–H and O–H groups in total. The van der Waals surface area contributed by atoms with Crippen LogP contribution in [0.15, 0.2) is 71.5 Å². The average Bonchev–Trinajstić information content (AvgIpc) is 2.81. The molecule has 0 bridgehead atoms. The van der Waals surface area contributed by atoms with E-state index in [9.17, 15) is 24.6 Å². The van der Waals surface area contributed by atoms with Gasteiger partial charge in [-0.2, -0.15) is 15.8 Å². The highest BCUT2D eigenvalue weighted by Gasteiger charge is 2.55. The SMILES string of the molecule is N#CC1=C(N)C(C#N)(C#N)[C@H](c2cccc(F)c2F)[C@H]2CN(Cc3ccccc3)CC=C12. The van der Waals surface area contributed by atoms with Crippen LogP contribution in [0.5, 0.6) is 0 Å². The van der Waals surface area contributed by atoms with Crippen molar-refractivity contribution in [2.45, 2.75) is 12.5 Å². The summed E-state index contributed by atoms with van der Waals surface area (Å²) < 4.78 is 29.1. The third-order valence-electron chi connectivity index (χ3n) is 6.31. The fourth-order valence-electron chi connectivity index (χ4n) is 4.81. The molecule has 0 saturated heterocycles. The molecule has 4 rings (SSSR count). The second kappa shape index (κ2) is 8.27. The molecular formula is C25H19F2N5. The smallest absolute Gasteiger partial charge is 0.191 e. The number of hydrogen-bond donors (Lipinski definition) is 1. The summed E-state index contributed by atoms with van der Waals surface area (Å²) in [6.45, 7) is 1.46. The fraction of sp³-hybridized carbons (Fsp3) is 0.240. The summed E-state index contributed by atoms with van der Waals surface area (Å²) >= 11 is 0. The number of nitrogens with zero attached hydrogens (tertiary/aromatic N) is 4. The second-order valence-corrected chi connectivity index (χ2v) is 8.00. The zero-order chi connectivity index (χ0) is 22.9. The predicted octanol–water partition coefficient (Wildman–Crippen LogP) is 3.89. The first-order valence-corrected chi connectivity index (χ1v) is 10.1. The van der Waals surface area contributed by atoms with Crippen molar-refractivity contribution in [2.24, 2.45) is 17.1 Å². The molecular weight excluding hydrogens is 408 g/mol. The Bertz CT molecular complexity index is 1230. The fourth-order valence-corrected chi connectivity index (χ4v) is 4.81. The minimum absolute atomic E-state index is 0.0746. The van der Waals surface area contributed by atoms with E-state index in [0.717, 1.165) is 11.6 Å². The Hall–Kier alpha value is -3.99. The van der Waals surface area contributed by atoms with Gasteiger partial charge in [-0.3, -0.25) is 4.90 Å². The van der Waals surface area contributed by atoms with Crippen molar-refractivity contribution in [3.8, 4) is 18.2 Å². The Labute approximate surface area is 184 Å². The molecule has 2 atom stereocenters. The van der Waals surface area contributed by atoms with Crippen molar-refractivity contribution in [1.82, 2.24) is 4.90 Å². The number of allylic oxidation sites excluding steroid dienone is 2. The monoisotopic (exact) mass is 427 g/mol. The van der Waals surface area contributed by atoms with E-state index in [1.807, 2.05) is 54.6 Å². The average molecular weight is 427 g/mol. The van der Waals surface area contributed by atoms with Crippen LogP contribution in [0.25, 0.3) is 0 Å². The Kier molecular flexibility index (Phi) is 5.49. The van der Waals surface area contributed by atoms with E-state index in [1.165, 1.54) is 12.1 Å². The highest BCUT2D eigenvalue weighted by Crippen LogP contribution is 2.54. The minimum atomic E-state index is -2.00. The Morgan fingerprint density at radius 3 is 2.41 bits per heavy atom. The van der Waals surface area contributed by atoms with Gasteiger partial charge < -0.3 is 5.73 Å². The summed E-state index contributed by atoms with van der Waals surface area (Å²) in [5, 5.41) is 29.9. The van der Waals surface area contributed by atoms with Crippen molar-refractivity contribution in [1.29, 1.82) is 15.8 Å². The van der Waals surface area contributed by atoms with Crippen molar-refractivity contribution in [3.05, 3.63) is 94.2 Å². The van der Waals surface area contributed by atoms with Crippen LogP contribution in [0.2, 0.25) is 0 Å². The van der Waals surface area contributed by atoms with Crippen LogP contribution in [0.3, 0.4) is 0 Å². The highest BCUT2D eigenvalue weighted by atomic mass is 19.2. The maximum atomic E-state index is 15.0. The second-order valence-electron chi connectivity index (χ2n) is 8.00. The molecule has 0 unspecified atom stereocenters. The lowest BCUT2D eigenvalue weighted by Gasteiger charge is -2.45. The van der Waals surface area contributed by atoms with E-state index < -0.39 is 28.9 Å². The number of benzene rings is 2. The quantitative estimate of drug-likeness (QED) is 0.801. The van der Waals surface area contributed by atoms with Crippen LogP contribution in [0, 0.1) is 57.0 Å². The van der Waals surface area contributed by atoms with Crippen LogP contribution in [-0.4, -0.2) is 18.0 Å². The molecule has 1 aliphatic heterocycles. The van der Waals surface area contributed by atoms with Gasteiger partial charge in [-0.15, -0.1) is 0 Å². The van der Waals surface area contributed by atoms with E-state index in [1.54, 1.807) is 0 Å². The van der Waals surface area contributed by atoms with E-state index >= 15 is 0 Å². The van der Waals surface area contributed by atoms with Gasteiger partial charge in [0.15, 0.2) is 17.0 Å². The normalized spacial score (nSPS) is 22.2. The summed E-state index contributed by atoms with van der Waals surface area (Å²) in [4.78, 5) is 2.09. The number of halogens is 2. The van der Waals surface area contributed by atoms with Gasteiger partial charge >= 0.3 is 0 Å². The number of nitrogens with two attached hydrogens (primary N) is 1. The van der Waals surface area contributed by atoms with Crippen molar-refractivity contribution < 1.29 is 8.78 Å². The van der Waals surface area contributed by atoms with Gasteiger partial charge in [-0.1, -0.05) is 48.5 Å². The molecule has 0 fully saturated rings. The third kappa shape index (κ3) is 3.23. The molecule has 7 heteroatoms. The van der Waals surface area contributed by atoms with Gasteiger partial charge in [0.25, 0.3) is 0 Å². The number of rotatable bonds is 3. The molecule has 2 aromatic carbocycles. The standard InChI is InChI=1S/C25H19F2N5/c26-21-8-4-7-18(23(21)27)22-20-13-32(12-16-5-2-1-3-6-16)10-9-17(20)19(11-28)24(31)25(22,14-29)15-30/h1-9,20,22H,10,12-13,31H2/t20-,22+/m0/s1. The zero-order valence-corrected chi connectivity index (χ0v) is 17.1. The Morgan fingerprint density at radius 2 is 1.75 bits per heavy atom. The molecule has 1 heterocycles. The molecule has 0 amide bonds. The van der Waals surface area contributed by atoms with Crippen molar-refractivity contribution in [3.63, 3.8) is 0 Å². The molecule has 2 aliphatic rings. The van der Waals surface area contributed by atoms with Gasteiger partial charge in [-0.05, 0) is 22.8 Å². The van der Waals surface area contributed by atoms with Crippen molar-refractivity contribution >= 4 is 0 Å². The minimum Gasteiger partial charge on any atom is -0.399 e. The largest absolute Gasteiger partial charge is 0.399 e. The van der Waals surface area contributed by atoms with Crippen LogP contribution in [0.4, 0.5) is 8.78 Å². The first kappa shape index (κ1) is 21.2. The van der Waals surface area contributed by atoms with Crippen LogP contribution >= 0.6 is 0 Å². The van der Waals surface area contributed by atoms with E-state index in [4.69, 9.17) is 5.73 Å². The highest BCUT2D eigenvalue weighted by molar-refractivity contribution is 5.59. The summed E-state index contributed by atoms with van der Waals surface area (Å²) in [7, 11) is 0. The Balaban J connectivity index is 1.89. The van der Waals surface area contributed by atoms with Gasteiger partial charge in [0.2, 0.25) is 0 Å². The summed E-state index contributed by atoms with van der Waals surface area (Å²) in [5.74, 6) is -3.84. The van der Waals surface area contributed by atoms with Gasteiger partial charge in [0, 0.05) is 31.5 Å². The van der Waals surface area contributed by atoms with Gasteiger partial charge in [0.05, 0.1) is 23.4 Å². The molecule has 0 saturated carbocycles. The summed E-state index contributed by atoms with van der Waals surface area (Å²) in [5.41, 5.74) is 5.62. The van der Waals surface area contributed by atoms with Crippen LogP contribution < -0.4 is 5.73 Å². The molecule has 0 radical (unpaired) electrons. The molecule has 158 valence electrons. The zero-order valence-electron chi connectivity index (χ0n) is 17.1. The lowest BCUT2D eigenvalue weighted by atomic mass is 9.58. The number of hydrogen-bond acceptors (Lipinski definition) is 5. The molecule has 0 aromatic heterocycles. The van der Waals surface area contributed by atoms with E-state index in [2.05, 4.69) is 4.90 Å². The molecule has 32 heavy (non-hydrogen) atoms. The lowest BCUT2D eigenvalue weighted by Crippen LogP contribution is -2.48. The number of nitriles is 3. The lowest BCUT2D eigenvalue weighted by molar-refractivity contribution is 0.198. The van der Waals surface area contributed by atoms with E-state index in [-0.39, 0.29) is 16.8 Å².